The van der Waals surface area contributed by atoms with Crippen LogP contribution in [0.3, 0.4) is 0 Å². The summed E-state index contributed by atoms with van der Waals surface area (Å²) in [7, 11) is 0. The molecule has 0 unspecified atom stereocenters. The molecule has 0 spiro atoms. The molecule has 0 aromatic heterocycles. The average Bonchev–Trinajstić information content (AvgIpc) is 3.31. The van der Waals surface area contributed by atoms with Crippen LogP contribution in [0.5, 0.6) is 0 Å². The number of nitro groups is 1. The van der Waals surface area contributed by atoms with E-state index in [2.05, 4.69) is 0 Å². The van der Waals surface area contributed by atoms with Gasteiger partial charge in [0, 0.05) is 12.1 Å². The third kappa shape index (κ3) is 3.44. The molecule has 0 saturated carbocycles. The molecule has 0 N–H and O–H groups in total. The Morgan fingerprint density at radius 3 is 2.12 bits per heavy atom. The van der Waals surface area contributed by atoms with E-state index >= 15 is 0 Å². The van der Waals surface area contributed by atoms with Crippen LogP contribution in [0.15, 0.2) is 72.8 Å². The van der Waals surface area contributed by atoms with Crippen LogP contribution in [0.4, 0.5) is 17.1 Å². The normalized spacial score (nSPS) is 22.1. The van der Waals surface area contributed by atoms with Crippen molar-refractivity contribution in [2.24, 2.45) is 5.92 Å². The number of hydrogen-bond donors (Lipinski definition) is 0. The molecule has 8 nitrogen and oxygen atoms in total. The maximum atomic E-state index is 13.6. The molecule has 2 aliphatic heterocycles. The van der Waals surface area contributed by atoms with Crippen molar-refractivity contribution in [2.75, 3.05) is 9.96 Å². The van der Waals surface area contributed by atoms with Crippen LogP contribution in [0, 0.1) is 29.9 Å². The number of nitrogens with zero attached hydrogens (tertiary/aromatic N) is 3. The van der Waals surface area contributed by atoms with Crippen LogP contribution in [0.1, 0.15) is 22.7 Å². The standard InChI is InChI=1S/C25H21N3O5/c1-15-6-10-17(11-7-15)22-21-23(33-27(22)19-4-3-5-20(14-19)28(31)32)25(30)26(24(21)29)18-12-8-16(2)9-13-18/h3-14,21-23H,1-2H3/t21-,22+,23+/m1/s1. The smallest absolute Gasteiger partial charge is 0.271 e. The second kappa shape index (κ2) is 7.83. The van der Waals surface area contributed by atoms with E-state index in [-0.39, 0.29) is 11.6 Å². The first-order valence-corrected chi connectivity index (χ1v) is 10.6. The lowest BCUT2D eigenvalue weighted by molar-refractivity contribution is -0.384. The van der Waals surface area contributed by atoms with Crippen molar-refractivity contribution < 1.29 is 19.3 Å². The Hall–Kier alpha value is -4.04. The summed E-state index contributed by atoms with van der Waals surface area (Å²) in [6.45, 7) is 3.89. The molecule has 3 aromatic carbocycles. The predicted octanol–water partition coefficient (Wildman–Crippen LogP) is 4.26. The number of non-ortho nitro benzene ring substituents is 1. The van der Waals surface area contributed by atoms with Gasteiger partial charge in [-0.15, -0.1) is 0 Å². The minimum absolute atomic E-state index is 0.102. The van der Waals surface area contributed by atoms with E-state index in [1.807, 2.05) is 50.2 Å². The molecule has 2 saturated heterocycles. The minimum Gasteiger partial charge on any atom is -0.273 e. The molecule has 3 aromatic rings. The topological polar surface area (TPSA) is 93.0 Å². The number of carbonyl (C=O) groups excluding carboxylic acids is 2. The zero-order chi connectivity index (χ0) is 23.3. The van der Waals surface area contributed by atoms with Gasteiger partial charge in [-0.3, -0.25) is 24.5 Å². The Labute approximate surface area is 190 Å². The van der Waals surface area contributed by atoms with Gasteiger partial charge >= 0.3 is 0 Å². The summed E-state index contributed by atoms with van der Waals surface area (Å²) in [5.74, 6) is -1.59. The highest BCUT2D eigenvalue weighted by Gasteiger charge is 2.60. The van der Waals surface area contributed by atoms with Gasteiger partial charge in [0.15, 0.2) is 6.10 Å². The molecule has 2 amide bonds. The van der Waals surface area contributed by atoms with E-state index in [1.165, 1.54) is 22.1 Å². The van der Waals surface area contributed by atoms with Gasteiger partial charge in [-0.2, -0.15) is 0 Å². The van der Waals surface area contributed by atoms with E-state index in [0.717, 1.165) is 16.7 Å². The number of benzene rings is 3. The first-order valence-electron chi connectivity index (χ1n) is 10.6. The fourth-order valence-corrected chi connectivity index (χ4v) is 4.43. The first-order chi connectivity index (χ1) is 15.8. The number of carbonyl (C=O) groups is 2. The molecule has 2 fully saturated rings. The Morgan fingerprint density at radius 1 is 0.848 bits per heavy atom. The van der Waals surface area contributed by atoms with Gasteiger partial charge in [0.25, 0.3) is 11.6 Å². The lowest BCUT2D eigenvalue weighted by atomic mass is 9.90. The summed E-state index contributed by atoms with van der Waals surface area (Å²) in [6.07, 6.45) is -1.02. The minimum atomic E-state index is -1.02. The molecular weight excluding hydrogens is 422 g/mol. The summed E-state index contributed by atoms with van der Waals surface area (Å²) >= 11 is 0. The number of aryl methyl sites for hydroxylation is 2. The highest BCUT2D eigenvalue weighted by Crippen LogP contribution is 2.48. The zero-order valence-electron chi connectivity index (χ0n) is 18.0. The molecule has 0 bridgehead atoms. The Morgan fingerprint density at radius 2 is 1.48 bits per heavy atom. The van der Waals surface area contributed by atoms with E-state index in [0.29, 0.717) is 11.4 Å². The molecule has 8 heteroatoms. The van der Waals surface area contributed by atoms with E-state index in [9.17, 15) is 19.7 Å². The lowest BCUT2D eigenvalue weighted by Crippen LogP contribution is -2.37. The zero-order valence-corrected chi connectivity index (χ0v) is 18.0. The lowest BCUT2D eigenvalue weighted by Gasteiger charge is -2.28. The molecular formula is C25H21N3O5. The fourth-order valence-electron chi connectivity index (χ4n) is 4.43. The summed E-state index contributed by atoms with van der Waals surface area (Å²) < 4.78 is 0. The van der Waals surface area contributed by atoms with Gasteiger partial charge in [0.1, 0.15) is 5.92 Å². The van der Waals surface area contributed by atoms with Gasteiger partial charge < -0.3 is 0 Å². The highest BCUT2D eigenvalue weighted by molar-refractivity contribution is 6.23. The fraction of sp³-hybridized carbons (Fsp3) is 0.200. The van der Waals surface area contributed by atoms with E-state index in [4.69, 9.17) is 4.84 Å². The van der Waals surface area contributed by atoms with Crippen molar-refractivity contribution >= 4 is 28.9 Å². The number of rotatable bonds is 4. The van der Waals surface area contributed by atoms with Gasteiger partial charge in [-0.1, -0.05) is 53.6 Å². The van der Waals surface area contributed by atoms with Crippen LogP contribution in [-0.2, 0) is 14.4 Å². The largest absolute Gasteiger partial charge is 0.273 e. The predicted molar refractivity (Wildman–Crippen MR) is 122 cm³/mol. The Bertz CT molecular complexity index is 1260. The highest BCUT2D eigenvalue weighted by atomic mass is 16.7. The van der Waals surface area contributed by atoms with Crippen LogP contribution in [0.2, 0.25) is 0 Å². The first kappa shape index (κ1) is 20.8. The third-order valence-corrected chi connectivity index (χ3v) is 6.12. The summed E-state index contributed by atoms with van der Waals surface area (Å²) in [6, 6.07) is 20.2. The van der Waals surface area contributed by atoms with Crippen molar-refractivity contribution in [2.45, 2.75) is 26.0 Å². The molecule has 0 radical (unpaired) electrons. The van der Waals surface area contributed by atoms with Crippen LogP contribution >= 0.6 is 0 Å². The van der Waals surface area contributed by atoms with Crippen LogP contribution in [-0.4, -0.2) is 22.8 Å². The maximum Gasteiger partial charge on any atom is 0.271 e. The van der Waals surface area contributed by atoms with Gasteiger partial charge in [-0.05, 0) is 37.6 Å². The van der Waals surface area contributed by atoms with Gasteiger partial charge in [0.05, 0.1) is 22.3 Å². The summed E-state index contributed by atoms with van der Waals surface area (Å²) in [5, 5.41) is 12.8. The van der Waals surface area contributed by atoms with Crippen molar-refractivity contribution in [1.29, 1.82) is 0 Å². The van der Waals surface area contributed by atoms with Crippen LogP contribution < -0.4 is 9.96 Å². The molecule has 2 aliphatic rings. The second-order valence-electron chi connectivity index (χ2n) is 8.36. The molecule has 33 heavy (non-hydrogen) atoms. The van der Waals surface area contributed by atoms with Crippen molar-refractivity contribution in [3.05, 3.63) is 99.6 Å². The number of hydroxylamine groups is 1. The number of hydrogen-bond acceptors (Lipinski definition) is 6. The molecule has 166 valence electrons. The quantitative estimate of drug-likeness (QED) is 0.340. The number of imide groups is 1. The average molecular weight is 443 g/mol. The summed E-state index contributed by atoms with van der Waals surface area (Å²) in [5.41, 5.74) is 3.65. The number of anilines is 2. The number of nitro benzene ring substituents is 1. The van der Waals surface area contributed by atoms with Crippen molar-refractivity contribution in [1.82, 2.24) is 0 Å². The number of fused-ring (bicyclic) bond motifs is 1. The molecule has 3 atom stereocenters. The van der Waals surface area contributed by atoms with Gasteiger partial charge in [-0.25, -0.2) is 9.96 Å². The molecule has 5 rings (SSSR count). The van der Waals surface area contributed by atoms with Crippen molar-refractivity contribution in [3.8, 4) is 0 Å². The third-order valence-electron chi connectivity index (χ3n) is 6.12. The van der Waals surface area contributed by atoms with E-state index < -0.39 is 28.9 Å². The monoisotopic (exact) mass is 443 g/mol. The molecule has 0 aliphatic carbocycles. The SMILES string of the molecule is Cc1ccc([C@H]2[C@H]3C(=O)N(c4ccc(C)cc4)C(=O)[C@H]3ON2c2cccc([N+](=O)[O-])c2)cc1. The van der Waals surface area contributed by atoms with E-state index in [1.54, 1.807) is 24.3 Å². The van der Waals surface area contributed by atoms with Crippen LogP contribution in [0.25, 0.3) is 0 Å². The van der Waals surface area contributed by atoms with Crippen molar-refractivity contribution in [3.63, 3.8) is 0 Å². The van der Waals surface area contributed by atoms with Gasteiger partial charge in [0.2, 0.25) is 5.91 Å². The number of amides is 2. The molecule has 2 heterocycles. The summed E-state index contributed by atoms with van der Waals surface area (Å²) in [4.78, 5) is 45.0. The second-order valence-corrected chi connectivity index (χ2v) is 8.36. The Kier molecular flexibility index (Phi) is 4.94. The Balaban J connectivity index is 1.59. The maximum absolute atomic E-state index is 13.6.